The fourth-order valence-electron chi connectivity index (χ4n) is 1.37. The molecule has 21 heavy (non-hydrogen) atoms. The van der Waals surface area contributed by atoms with E-state index in [2.05, 4.69) is 21.5 Å². The molecule has 0 radical (unpaired) electrons. The zero-order valence-electron chi connectivity index (χ0n) is 11.3. The summed E-state index contributed by atoms with van der Waals surface area (Å²) in [6, 6.07) is 3.25. The van der Waals surface area contributed by atoms with Gasteiger partial charge in [-0.1, -0.05) is 5.92 Å². The average molecular weight is 308 g/mol. The molecule has 0 saturated carbocycles. The van der Waals surface area contributed by atoms with Crippen LogP contribution in [0.2, 0.25) is 0 Å². The smallest absolute Gasteiger partial charge is 0.274 e. The largest absolute Gasteiger partial charge is 0.506 e. The van der Waals surface area contributed by atoms with Gasteiger partial charge in [-0.3, -0.25) is 15.1 Å². The van der Waals surface area contributed by atoms with Crippen molar-refractivity contribution in [2.75, 3.05) is 18.8 Å². The summed E-state index contributed by atoms with van der Waals surface area (Å²) < 4.78 is 0. The zero-order valence-corrected chi connectivity index (χ0v) is 12.1. The number of rotatable bonds is 9. The molecule has 8 heteroatoms. The Morgan fingerprint density at radius 3 is 3.10 bits per heavy atom. The van der Waals surface area contributed by atoms with E-state index in [-0.39, 0.29) is 18.1 Å². The molecule has 1 aromatic rings. The second-order valence-electron chi connectivity index (χ2n) is 3.83. The quantitative estimate of drug-likeness (QED) is 0.270. The van der Waals surface area contributed by atoms with E-state index in [0.717, 1.165) is 6.20 Å². The van der Waals surface area contributed by atoms with Crippen LogP contribution in [0.5, 0.6) is 5.75 Å². The van der Waals surface area contributed by atoms with Crippen molar-refractivity contribution in [1.29, 1.82) is 0 Å². The molecule has 7 nitrogen and oxygen atoms in total. The average Bonchev–Trinajstić information content (AvgIpc) is 2.45. The SMILES string of the molecule is C#CCN/C(=C/[N+](=O)[O-])NCCSCc1ncccc1O. The maximum absolute atomic E-state index is 10.4. The van der Waals surface area contributed by atoms with Crippen LogP contribution >= 0.6 is 11.8 Å². The number of thioether (sulfide) groups is 1. The first-order valence-corrected chi connectivity index (χ1v) is 7.26. The third-order valence-corrected chi connectivity index (χ3v) is 3.25. The van der Waals surface area contributed by atoms with Crippen LogP contribution in [0.4, 0.5) is 0 Å². The highest BCUT2D eigenvalue weighted by Gasteiger charge is 2.03. The van der Waals surface area contributed by atoms with E-state index in [9.17, 15) is 15.2 Å². The van der Waals surface area contributed by atoms with Crippen molar-refractivity contribution in [1.82, 2.24) is 15.6 Å². The fraction of sp³-hybridized carbons (Fsp3) is 0.308. The van der Waals surface area contributed by atoms with Gasteiger partial charge in [-0.05, 0) is 12.1 Å². The summed E-state index contributed by atoms with van der Waals surface area (Å²) in [7, 11) is 0. The lowest BCUT2D eigenvalue weighted by Gasteiger charge is -2.09. The van der Waals surface area contributed by atoms with Gasteiger partial charge in [0.25, 0.3) is 6.20 Å². The van der Waals surface area contributed by atoms with Gasteiger partial charge in [-0.2, -0.15) is 11.8 Å². The van der Waals surface area contributed by atoms with Crippen LogP contribution in [-0.2, 0) is 5.75 Å². The Morgan fingerprint density at radius 2 is 2.43 bits per heavy atom. The Kier molecular flexibility index (Phi) is 7.53. The number of hydrogen-bond donors (Lipinski definition) is 3. The van der Waals surface area contributed by atoms with E-state index in [4.69, 9.17) is 6.42 Å². The van der Waals surface area contributed by atoms with Crippen LogP contribution in [0.1, 0.15) is 5.69 Å². The summed E-state index contributed by atoms with van der Waals surface area (Å²) in [5, 5.41) is 25.6. The lowest BCUT2D eigenvalue weighted by Crippen LogP contribution is -2.29. The minimum Gasteiger partial charge on any atom is -0.506 e. The minimum atomic E-state index is -0.551. The number of nitro groups is 1. The van der Waals surface area contributed by atoms with Gasteiger partial charge in [0, 0.05) is 24.2 Å². The Bertz CT molecular complexity index is 542. The van der Waals surface area contributed by atoms with Crippen LogP contribution in [0.3, 0.4) is 0 Å². The topological polar surface area (TPSA) is 100 Å². The molecule has 0 amide bonds. The number of nitrogens with one attached hydrogen (secondary N) is 2. The molecule has 0 aliphatic rings. The Morgan fingerprint density at radius 1 is 1.62 bits per heavy atom. The van der Waals surface area contributed by atoms with Crippen molar-refractivity contribution in [2.24, 2.45) is 0 Å². The molecule has 0 aromatic carbocycles. The van der Waals surface area contributed by atoms with E-state index >= 15 is 0 Å². The highest BCUT2D eigenvalue weighted by atomic mass is 32.2. The zero-order chi connectivity index (χ0) is 15.5. The van der Waals surface area contributed by atoms with Crippen molar-refractivity contribution in [2.45, 2.75) is 5.75 Å². The molecule has 1 aromatic heterocycles. The van der Waals surface area contributed by atoms with Gasteiger partial charge in [-0.15, -0.1) is 6.42 Å². The number of pyridine rings is 1. The molecule has 1 rings (SSSR count). The van der Waals surface area contributed by atoms with Gasteiger partial charge >= 0.3 is 0 Å². The van der Waals surface area contributed by atoms with E-state index in [0.29, 0.717) is 23.7 Å². The normalized spacial score (nSPS) is 10.7. The fourth-order valence-corrected chi connectivity index (χ4v) is 2.18. The lowest BCUT2D eigenvalue weighted by molar-refractivity contribution is -0.404. The Labute approximate surface area is 127 Å². The third-order valence-electron chi connectivity index (χ3n) is 2.28. The highest BCUT2D eigenvalue weighted by Crippen LogP contribution is 2.18. The lowest BCUT2D eigenvalue weighted by atomic mass is 10.3. The molecule has 0 spiro atoms. The molecular weight excluding hydrogens is 292 g/mol. The van der Waals surface area contributed by atoms with Crippen molar-refractivity contribution < 1.29 is 10.0 Å². The summed E-state index contributed by atoms with van der Waals surface area (Å²) in [4.78, 5) is 14.0. The molecule has 3 N–H and O–H groups in total. The van der Waals surface area contributed by atoms with Crippen LogP contribution in [0, 0.1) is 22.5 Å². The van der Waals surface area contributed by atoms with Crippen molar-refractivity contribution >= 4 is 11.8 Å². The number of aromatic hydroxyl groups is 1. The molecule has 0 bridgehead atoms. The first kappa shape index (κ1) is 16.7. The van der Waals surface area contributed by atoms with Gasteiger partial charge in [0.15, 0.2) is 5.82 Å². The van der Waals surface area contributed by atoms with Gasteiger partial charge in [0.1, 0.15) is 5.75 Å². The summed E-state index contributed by atoms with van der Waals surface area (Å²) in [6.07, 6.45) is 7.55. The minimum absolute atomic E-state index is 0.169. The standard InChI is InChI=1S/C13H16N4O3S/c1-2-5-15-13(9-17(19)20)16-7-8-21-10-11-12(18)4-3-6-14-11/h1,3-4,6,9,15-16,18H,5,7-8,10H2/b13-9-. The molecule has 1 heterocycles. The number of aromatic nitrogens is 1. The summed E-state index contributed by atoms with van der Waals surface area (Å²) in [6.45, 7) is 0.733. The van der Waals surface area contributed by atoms with Crippen molar-refractivity contribution in [3.8, 4) is 18.1 Å². The first-order chi connectivity index (χ1) is 10.1. The van der Waals surface area contributed by atoms with Gasteiger partial charge in [-0.25, -0.2) is 0 Å². The molecule has 0 aliphatic heterocycles. The molecule has 0 atom stereocenters. The predicted octanol–water partition coefficient (Wildman–Crippen LogP) is 0.908. The maximum atomic E-state index is 10.4. The second kappa shape index (κ2) is 9.50. The van der Waals surface area contributed by atoms with E-state index in [1.165, 1.54) is 0 Å². The molecule has 112 valence electrons. The summed E-state index contributed by atoms with van der Waals surface area (Å²) in [5.41, 5.74) is 0.619. The van der Waals surface area contributed by atoms with E-state index < -0.39 is 4.92 Å². The van der Waals surface area contributed by atoms with Crippen LogP contribution in [0.15, 0.2) is 30.4 Å². The second-order valence-corrected chi connectivity index (χ2v) is 4.94. The van der Waals surface area contributed by atoms with Crippen LogP contribution in [0.25, 0.3) is 0 Å². The van der Waals surface area contributed by atoms with Crippen molar-refractivity contribution in [3.63, 3.8) is 0 Å². The van der Waals surface area contributed by atoms with E-state index in [1.807, 2.05) is 0 Å². The molecular formula is C13H16N4O3S. The summed E-state index contributed by atoms with van der Waals surface area (Å²) >= 11 is 1.56. The number of nitrogens with zero attached hydrogens (tertiary/aromatic N) is 2. The van der Waals surface area contributed by atoms with Gasteiger partial charge in [0.05, 0.1) is 17.2 Å². The molecule has 0 aliphatic carbocycles. The van der Waals surface area contributed by atoms with E-state index in [1.54, 1.807) is 30.1 Å². The molecule has 0 saturated heterocycles. The Balaban J connectivity index is 2.30. The van der Waals surface area contributed by atoms with Gasteiger partial charge < -0.3 is 15.7 Å². The van der Waals surface area contributed by atoms with Crippen LogP contribution in [-0.4, -0.2) is 33.9 Å². The molecule has 0 unspecified atom stereocenters. The third kappa shape index (κ3) is 7.08. The monoisotopic (exact) mass is 308 g/mol. The highest BCUT2D eigenvalue weighted by molar-refractivity contribution is 7.98. The maximum Gasteiger partial charge on any atom is 0.274 e. The first-order valence-electron chi connectivity index (χ1n) is 6.10. The Hall–Kier alpha value is -2.40. The predicted molar refractivity (Wildman–Crippen MR) is 82.0 cm³/mol. The summed E-state index contributed by atoms with van der Waals surface area (Å²) in [5.74, 6) is 4.06. The van der Waals surface area contributed by atoms with Gasteiger partial charge in [0.2, 0.25) is 0 Å². The number of hydrogen-bond acceptors (Lipinski definition) is 7. The number of terminal acetylenes is 1. The molecule has 0 fully saturated rings. The van der Waals surface area contributed by atoms with Crippen molar-refractivity contribution in [3.05, 3.63) is 46.2 Å². The van der Waals surface area contributed by atoms with Crippen LogP contribution < -0.4 is 10.6 Å².